The standard InChI is InChI=1S/C6H11N.C2HF3O2/c1-2-6(3-1)4-7-5-6;3-2(4,5)1(6)7/h7H,1-5H2;(H,6,7). The zero-order valence-electron chi connectivity index (χ0n) is 7.52. The molecule has 1 aliphatic heterocycles. The summed E-state index contributed by atoms with van der Waals surface area (Å²) >= 11 is 0. The molecule has 14 heavy (non-hydrogen) atoms. The lowest BCUT2D eigenvalue weighted by molar-refractivity contribution is -0.192. The normalized spacial score (nSPS) is 22.8. The molecule has 0 radical (unpaired) electrons. The van der Waals surface area contributed by atoms with E-state index in [9.17, 15) is 13.2 Å². The van der Waals surface area contributed by atoms with Crippen LogP contribution >= 0.6 is 0 Å². The van der Waals surface area contributed by atoms with E-state index in [1.165, 1.54) is 32.4 Å². The first-order valence-corrected chi connectivity index (χ1v) is 4.37. The Balaban J connectivity index is 0.000000140. The van der Waals surface area contributed by atoms with Gasteiger partial charge in [0.2, 0.25) is 0 Å². The van der Waals surface area contributed by atoms with Crippen LogP contribution < -0.4 is 5.32 Å². The van der Waals surface area contributed by atoms with E-state index in [-0.39, 0.29) is 0 Å². The van der Waals surface area contributed by atoms with Gasteiger partial charge in [-0.25, -0.2) is 4.79 Å². The second-order valence-corrected chi connectivity index (χ2v) is 3.76. The largest absolute Gasteiger partial charge is 0.490 e. The van der Waals surface area contributed by atoms with E-state index in [0.29, 0.717) is 0 Å². The van der Waals surface area contributed by atoms with Crippen LogP contribution in [0.15, 0.2) is 0 Å². The highest BCUT2D eigenvalue weighted by Gasteiger charge is 2.41. The molecule has 1 saturated heterocycles. The fourth-order valence-electron chi connectivity index (χ4n) is 1.51. The van der Waals surface area contributed by atoms with Gasteiger partial charge in [-0.2, -0.15) is 13.2 Å². The molecule has 0 aromatic heterocycles. The highest BCUT2D eigenvalue weighted by Crippen LogP contribution is 2.43. The number of carbonyl (C=O) groups is 1. The van der Waals surface area contributed by atoms with Crippen molar-refractivity contribution in [2.75, 3.05) is 13.1 Å². The molecule has 3 nitrogen and oxygen atoms in total. The minimum Gasteiger partial charge on any atom is -0.475 e. The summed E-state index contributed by atoms with van der Waals surface area (Å²) < 4.78 is 31.7. The highest BCUT2D eigenvalue weighted by atomic mass is 19.4. The summed E-state index contributed by atoms with van der Waals surface area (Å²) in [6, 6.07) is 0. The summed E-state index contributed by atoms with van der Waals surface area (Å²) in [5.41, 5.74) is 0.833. The van der Waals surface area contributed by atoms with Gasteiger partial charge < -0.3 is 10.4 Å². The molecule has 2 aliphatic rings. The van der Waals surface area contributed by atoms with Crippen molar-refractivity contribution in [2.45, 2.75) is 25.4 Å². The van der Waals surface area contributed by atoms with Crippen molar-refractivity contribution in [3.8, 4) is 0 Å². The molecule has 0 unspecified atom stereocenters. The van der Waals surface area contributed by atoms with E-state index in [4.69, 9.17) is 9.90 Å². The Morgan fingerprint density at radius 1 is 1.29 bits per heavy atom. The van der Waals surface area contributed by atoms with Crippen LogP contribution in [0.1, 0.15) is 19.3 Å². The number of alkyl halides is 3. The smallest absolute Gasteiger partial charge is 0.475 e. The lowest BCUT2D eigenvalue weighted by Crippen LogP contribution is -2.57. The Bertz CT molecular complexity index is 204. The summed E-state index contributed by atoms with van der Waals surface area (Å²) in [6.07, 6.45) is -0.596. The predicted molar refractivity (Wildman–Crippen MR) is 42.8 cm³/mol. The quantitative estimate of drug-likeness (QED) is 0.636. The van der Waals surface area contributed by atoms with E-state index in [1.807, 2.05) is 0 Å². The number of hydrogen-bond donors (Lipinski definition) is 2. The van der Waals surface area contributed by atoms with Crippen molar-refractivity contribution >= 4 is 5.97 Å². The van der Waals surface area contributed by atoms with E-state index < -0.39 is 12.1 Å². The number of carboxylic acids is 1. The molecule has 1 saturated carbocycles. The van der Waals surface area contributed by atoms with Gasteiger partial charge in [0.25, 0.3) is 0 Å². The molecular weight excluding hydrogens is 199 g/mol. The fraction of sp³-hybridized carbons (Fsp3) is 0.875. The highest BCUT2D eigenvalue weighted by molar-refractivity contribution is 5.73. The van der Waals surface area contributed by atoms with Crippen LogP contribution in [-0.2, 0) is 4.79 Å². The van der Waals surface area contributed by atoms with Crippen molar-refractivity contribution < 1.29 is 23.1 Å². The van der Waals surface area contributed by atoms with Crippen molar-refractivity contribution in [3.05, 3.63) is 0 Å². The first-order chi connectivity index (χ1) is 6.36. The van der Waals surface area contributed by atoms with Gasteiger partial charge in [0.1, 0.15) is 0 Å². The molecular formula is C8H12F3NO2. The summed E-state index contributed by atoms with van der Waals surface area (Å²) in [7, 11) is 0. The summed E-state index contributed by atoms with van der Waals surface area (Å²) in [6.45, 7) is 2.62. The minimum atomic E-state index is -5.08. The van der Waals surface area contributed by atoms with Gasteiger partial charge in [0, 0.05) is 13.1 Å². The maximum atomic E-state index is 10.6. The van der Waals surface area contributed by atoms with Crippen LogP contribution in [0.5, 0.6) is 0 Å². The van der Waals surface area contributed by atoms with Gasteiger partial charge in [0.05, 0.1) is 0 Å². The van der Waals surface area contributed by atoms with Gasteiger partial charge >= 0.3 is 12.1 Å². The van der Waals surface area contributed by atoms with E-state index in [2.05, 4.69) is 5.32 Å². The zero-order valence-corrected chi connectivity index (χ0v) is 7.52. The predicted octanol–water partition coefficient (Wildman–Crippen LogP) is 1.39. The Hall–Kier alpha value is -0.780. The van der Waals surface area contributed by atoms with Crippen molar-refractivity contribution in [2.24, 2.45) is 5.41 Å². The zero-order chi connectivity index (χ0) is 10.8. The molecule has 2 rings (SSSR count). The number of rotatable bonds is 0. The first kappa shape index (κ1) is 11.3. The molecule has 0 atom stereocenters. The van der Waals surface area contributed by atoms with Gasteiger partial charge in [-0.1, -0.05) is 6.42 Å². The van der Waals surface area contributed by atoms with Crippen LogP contribution in [0.25, 0.3) is 0 Å². The van der Waals surface area contributed by atoms with E-state index in [1.54, 1.807) is 0 Å². The van der Waals surface area contributed by atoms with E-state index >= 15 is 0 Å². The average Bonchev–Trinajstić information content (AvgIpc) is 1.77. The minimum absolute atomic E-state index is 0.833. The molecule has 0 aromatic rings. The number of carboxylic acid groups (broad SMARTS) is 1. The molecule has 2 N–H and O–H groups in total. The summed E-state index contributed by atoms with van der Waals surface area (Å²) in [5, 5.41) is 10.4. The molecule has 6 heteroatoms. The second-order valence-electron chi connectivity index (χ2n) is 3.76. The molecule has 0 amide bonds. The fourth-order valence-corrected chi connectivity index (χ4v) is 1.51. The van der Waals surface area contributed by atoms with Gasteiger partial charge in [-0.15, -0.1) is 0 Å². The second kappa shape index (κ2) is 3.76. The van der Waals surface area contributed by atoms with Gasteiger partial charge in [-0.05, 0) is 18.3 Å². The number of hydrogen-bond acceptors (Lipinski definition) is 2. The number of aliphatic carboxylic acids is 1. The maximum absolute atomic E-state index is 10.6. The molecule has 82 valence electrons. The lowest BCUT2D eigenvalue weighted by atomic mass is 9.65. The van der Waals surface area contributed by atoms with Crippen molar-refractivity contribution in [1.82, 2.24) is 5.32 Å². The lowest BCUT2D eigenvalue weighted by Gasteiger charge is -2.49. The molecule has 0 bridgehead atoms. The Kier molecular flexibility index (Phi) is 3.04. The third-order valence-corrected chi connectivity index (χ3v) is 2.66. The summed E-state index contributed by atoms with van der Waals surface area (Å²) in [4.78, 5) is 8.90. The third kappa shape index (κ3) is 2.60. The number of nitrogens with one attached hydrogen (secondary N) is 1. The Labute approximate surface area is 79.3 Å². The van der Waals surface area contributed by atoms with Crippen LogP contribution in [0, 0.1) is 5.41 Å². The van der Waals surface area contributed by atoms with Crippen LogP contribution in [-0.4, -0.2) is 30.3 Å². The van der Waals surface area contributed by atoms with E-state index in [0.717, 1.165) is 5.41 Å². The molecule has 1 heterocycles. The SMILES string of the molecule is C1CC2(C1)CNC2.O=C(O)C(F)(F)F. The Morgan fingerprint density at radius 3 is 1.71 bits per heavy atom. The van der Waals surface area contributed by atoms with Crippen molar-refractivity contribution in [3.63, 3.8) is 0 Å². The monoisotopic (exact) mass is 211 g/mol. The maximum Gasteiger partial charge on any atom is 0.490 e. The van der Waals surface area contributed by atoms with Crippen LogP contribution in [0.3, 0.4) is 0 Å². The molecule has 0 aromatic carbocycles. The third-order valence-electron chi connectivity index (χ3n) is 2.66. The van der Waals surface area contributed by atoms with Crippen molar-refractivity contribution in [1.29, 1.82) is 0 Å². The van der Waals surface area contributed by atoms with Gasteiger partial charge in [-0.3, -0.25) is 0 Å². The van der Waals surface area contributed by atoms with Gasteiger partial charge in [0.15, 0.2) is 0 Å². The first-order valence-electron chi connectivity index (χ1n) is 4.37. The summed E-state index contributed by atoms with van der Waals surface area (Å²) in [5.74, 6) is -2.76. The van der Waals surface area contributed by atoms with Crippen LogP contribution in [0.4, 0.5) is 13.2 Å². The topological polar surface area (TPSA) is 49.3 Å². The molecule has 1 aliphatic carbocycles. The van der Waals surface area contributed by atoms with Crippen LogP contribution in [0.2, 0.25) is 0 Å². The molecule has 2 fully saturated rings. The Morgan fingerprint density at radius 2 is 1.71 bits per heavy atom. The molecule has 1 spiro atoms. The number of halogens is 3. The average molecular weight is 211 g/mol.